The van der Waals surface area contributed by atoms with Crippen molar-refractivity contribution in [3.63, 3.8) is 0 Å². The molecule has 3 nitrogen and oxygen atoms in total. The summed E-state index contributed by atoms with van der Waals surface area (Å²) in [6, 6.07) is 4.23. The van der Waals surface area contributed by atoms with Crippen molar-refractivity contribution in [3.8, 4) is 0 Å². The zero-order chi connectivity index (χ0) is 15.6. The van der Waals surface area contributed by atoms with Crippen molar-refractivity contribution in [3.05, 3.63) is 29.3 Å². The monoisotopic (exact) mass is 314 g/mol. The first-order chi connectivity index (χ1) is 10.6. The molecule has 6 heteroatoms. The van der Waals surface area contributed by atoms with Gasteiger partial charge in [-0.1, -0.05) is 6.07 Å². The average molecular weight is 314 g/mol. The van der Waals surface area contributed by atoms with Gasteiger partial charge < -0.3 is 15.0 Å². The Kier molecular flexibility index (Phi) is 4.59. The molecule has 0 atom stereocenters. The molecule has 0 aromatic heterocycles. The van der Waals surface area contributed by atoms with Crippen LogP contribution in [0.5, 0.6) is 0 Å². The Morgan fingerprint density at radius 2 is 1.77 bits per heavy atom. The first-order valence-electron chi connectivity index (χ1n) is 7.80. The summed E-state index contributed by atoms with van der Waals surface area (Å²) in [6.07, 6.45) is -2.35. The lowest BCUT2D eigenvalue weighted by Crippen LogP contribution is -2.37. The van der Waals surface area contributed by atoms with Gasteiger partial charge in [0.2, 0.25) is 0 Å². The molecule has 2 heterocycles. The number of alkyl halides is 3. The number of piperidine rings is 1. The van der Waals surface area contributed by atoms with Crippen molar-refractivity contribution in [1.82, 2.24) is 5.32 Å². The molecular weight excluding hydrogens is 293 g/mol. The van der Waals surface area contributed by atoms with Gasteiger partial charge in [0.1, 0.15) is 0 Å². The normalized spacial score (nSPS) is 21.1. The number of benzene rings is 1. The second-order valence-corrected chi connectivity index (χ2v) is 5.90. The van der Waals surface area contributed by atoms with Crippen molar-refractivity contribution < 1.29 is 17.9 Å². The van der Waals surface area contributed by atoms with E-state index >= 15 is 0 Å². The number of nitrogens with zero attached hydrogens (tertiary/aromatic N) is 1. The molecule has 2 fully saturated rings. The van der Waals surface area contributed by atoms with E-state index in [1.807, 2.05) is 4.90 Å². The molecule has 22 heavy (non-hydrogen) atoms. The third-order valence-corrected chi connectivity index (χ3v) is 4.49. The molecule has 1 aromatic carbocycles. The van der Waals surface area contributed by atoms with Crippen LogP contribution in [-0.2, 0) is 10.9 Å². The van der Waals surface area contributed by atoms with E-state index in [0.717, 1.165) is 37.2 Å². The van der Waals surface area contributed by atoms with E-state index < -0.39 is 11.7 Å². The van der Waals surface area contributed by atoms with E-state index in [0.29, 0.717) is 32.2 Å². The molecule has 122 valence electrons. The highest BCUT2D eigenvalue weighted by Crippen LogP contribution is 2.38. The topological polar surface area (TPSA) is 24.5 Å². The molecule has 1 N–H and O–H groups in total. The maximum absolute atomic E-state index is 13.1. The number of morpholine rings is 1. The van der Waals surface area contributed by atoms with Crippen LogP contribution >= 0.6 is 0 Å². The number of halogens is 3. The van der Waals surface area contributed by atoms with Crippen LogP contribution < -0.4 is 10.2 Å². The SMILES string of the molecule is FC(F)(F)c1ccc(C2CCNCC2)c(N2CCOCC2)c1. The second kappa shape index (κ2) is 6.46. The molecule has 0 spiro atoms. The van der Waals surface area contributed by atoms with Gasteiger partial charge in [-0.15, -0.1) is 0 Å². The van der Waals surface area contributed by atoms with Crippen molar-refractivity contribution >= 4 is 5.69 Å². The summed E-state index contributed by atoms with van der Waals surface area (Å²) < 4.78 is 44.5. The summed E-state index contributed by atoms with van der Waals surface area (Å²) in [5, 5.41) is 3.31. The predicted octanol–water partition coefficient (Wildman–Crippen LogP) is 3.01. The molecule has 0 aliphatic carbocycles. The van der Waals surface area contributed by atoms with E-state index in [9.17, 15) is 13.2 Å². The number of nitrogens with one attached hydrogen (secondary N) is 1. The Hall–Kier alpha value is -1.27. The van der Waals surface area contributed by atoms with Gasteiger partial charge in [0.05, 0.1) is 18.8 Å². The van der Waals surface area contributed by atoms with E-state index in [2.05, 4.69) is 5.32 Å². The van der Waals surface area contributed by atoms with E-state index in [-0.39, 0.29) is 0 Å². The Balaban J connectivity index is 1.96. The highest BCUT2D eigenvalue weighted by molar-refractivity contribution is 5.58. The summed E-state index contributed by atoms with van der Waals surface area (Å²) in [4.78, 5) is 2.04. The van der Waals surface area contributed by atoms with Gasteiger partial charge in [0.25, 0.3) is 0 Å². The lowest BCUT2D eigenvalue weighted by atomic mass is 9.88. The molecule has 2 saturated heterocycles. The van der Waals surface area contributed by atoms with E-state index in [1.54, 1.807) is 6.07 Å². The van der Waals surface area contributed by atoms with Crippen molar-refractivity contribution in [1.29, 1.82) is 0 Å². The predicted molar refractivity (Wildman–Crippen MR) is 79.3 cm³/mol. The summed E-state index contributed by atoms with van der Waals surface area (Å²) in [5.74, 6) is 0.335. The highest BCUT2D eigenvalue weighted by Gasteiger charge is 2.32. The summed E-state index contributed by atoms with van der Waals surface area (Å²) >= 11 is 0. The van der Waals surface area contributed by atoms with Crippen LogP contribution in [0, 0.1) is 0 Å². The van der Waals surface area contributed by atoms with Crippen molar-refractivity contribution in [2.75, 3.05) is 44.3 Å². The molecule has 0 amide bonds. The van der Waals surface area contributed by atoms with Crippen LogP contribution in [0.1, 0.15) is 29.9 Å². The van der Waals surface area contributed by atoms with Gasteiger partial charge in [-0.25, -0.2) is 0 Å². The molecule has 3 rings (SSSR count). The third-order valence-electron chi connectivity index (χ3n) is 4.49. The Labute approximate surface area is 128 Å². The van der Waals surface area contributed by atoms with Crippen LogP contribution in [0.15, 0.2) is 18.2 Å². The number of rotatable bonds is 2. The van der Waals surface area contributed by atoms with Crippen LogP contribution in [0.4, 0.5) is 18.9 Å². The number of hydrogen-bond donors (Lipinski definition) is 1. The average Bonchev–Trinajstić information content (AvgIpc) is 2.55. The first kappa shape index (κ1) is 15.6. The van der Waals surface area contributed by atoms with Gasteiger partial charge in [0, 0.05) is 18.8 Å². The molecule has 0 radical (unpaired) electrons. The highest BCUT2D eigenvalue weighted by atomic mass is 19.4. The van der Waals surface area contributed by atoms with E-state index in [1.165, 1.54) is 12.1 Å². The fourth-order valence-electron chi connectivity index (χ4n) is 3.28. The fraction of sp³-hybridized carbons (Fsp3) is 0.625. The maximum atomic E-state index is 13.1. The fourth-order valence-corrected chi connectivity index (χ4v) is 3.28. The smallest absolute Gasteiger partial charge is 0.378 e. The number of anilines is 1. The maximum Gasteiger partial charge on any atom is 0.416 e. The van der Waals surface area contributed by atoms with Gasteiger partial charge in [-0.05, 0) is 49.5 Å². The van der Waals surface area contributed by atoms with Gasteiger partial charge in [-0.3, -0.25) is 0 Å². The van der Waals surface area contributed by atoms with Crippen LogP contribution in [0.3, 0.4) is 0 Å². The Morgan fingerprint density at radius 3 is 2.41 bits per heavy atom. The van der Waals surface area contributed by atoms with E-state index in [4.69, 9.17) is 4.74 Å². The molecule has 0 unspecified atom stereocenters. The molecule has 2 aliphatic heterocycles. The Bertz CT molecular complexity index is 507. The first-order valence-corrected chi connectivity index (χ1v) is 7.80. The van der Waals surface area contributed by atoms with Crippen molar-refractivity contribution in [2.24, 2.45) is 0 Å². The molecule has 2 aliphatic rings. The van der Waals surface area contributed by atoms with Crippen LogP contribution in [0.25, 0.3) is 0 Å². The third kappa shape index (κ3) is 3.38. The van der Waals surface area contributed by atoms with Gasteiger partial charge in [0.15, 0.2) is 0 Å². The van der Waals surface area contributed by atoms with Gasteiger partial charge in [-0.2, -0.15) is 13.2 Å². The molecule has 1 aromatic rings. The minimum absolute atomic E-state index is 0.335. The lowest BCUT2D eigenvalue weighted by Gasteiger charge is -2.34. The zero-order valence-electron chi connectivity index (χ0n) is 12.5. The van der Waals surface area contributed by atoms with Crippen LogP contribution in [-0.4, -0.2) is 39.4 Å². The largest absolute Gasteiger partial charge is 0.416 e. The lowest BCUT2D eigenvalue weighted by molar-refractivity contribution is -0.137. The summed E-state index contributed by atoms with van der Waals surface area (Å²) in [6.45, 7) is 4.30. The minimum atomic E-state index is -4.30. The quantitative estimate of drug-likeness (QED) is 0.908. The van der Waals surface area contributed by atoms with Crippen LogP contribution in [0.2, 0.25) is 0 Å². The van der Waals surface area contributed by atoms with Gasteiger partial charge >= 0.3 is 6.18 Å². The minimum Gasteiger partial charge on any atom is -0.378 e. The number of hydrogen-bond acceptors (Lipinski definition) is 3. The Morgan fingerprint density at radius 1 is 1.09 bits per heavy atom. The van der Waals surface area contributed by atoms with Crippen molar-refractivity contribution in [2.45, 2.75) is 24.9 Å². The summed E-state index contributed by atoms with van der Waals surface area (Å²) in [5.41, 5.74) is 1.23. The number of ether oxygens (including phenoxy) is 1. The molecule has 0 saturated carbocycles. The molecule has 0 bridgehead atoms. The zero-order valence-corrected chi connectivity index (χ0v) is 12.5. The summed E-state index contributed by atoms with van der Waals surface area (Å²) in [7, 11) is 0. The molecular formula is C16H21F3N2O. The standard InChI is InChI=1S/C16H21F3N2O/c17-16(18,19)13-1-2-14(12-3-5-20-6-4-12)15(11-13)21-7-9-22-10-8-21/h1-2,11-12,20H,3-10H2. The second-order valence-electron chi connectivity index (χ2n) is 5.90.